The van der Waals surface area contributed by atoms with Crippen LogP contribution in [0.25, 0.3) is 0 Å². The molecule has 6 heteroatoms. The van der Waals surface area contributed by atoms with Gasteiger partial charge < -0.3 is 24.2 Å². The molecule has 0 spiro atoms. The highest BCUT2D eigenvalue weighted by Gasteiger charge is 2.46. The highest BCUT2D eigenvalue weighted by Crippen LogP contribution is 2.39. The molecule has 1 unspecified atom stereocenters. The van der Waals surface area contributed by atoms with Gasteiger partial charge in [-0.05, 0) is 82.5 Å². The number of unbranched alkanes of at least 4 members (excludes halogenated alkanes) is 3. The van der Waals surface area contributed by atoms with E-state index in [1.165, 1.54) is 24.0 Å². The molecule has 42 heavy (non-hydrogen) atoms. The van der Waals surface area contributed by atoms with Crippen molar-refractivity contribution >= 4 is 5.97 Å². The molecule has 0 bridgehead atoms. The van der Waals surface area contributed by atoms with Crippen LogP contribution in [0.15, 0.2) is 72.8 Å². The quantitative estimate of drug-likeness (QED) is 0.147. The predicted octanol–water partition coefficient (Wildman–Crippen LogP) is 7.42. The topological polar surface area (TPSA) is 68.2 Å². The maximum absolute atomic E-state index is 10.9. The summed E-state index contributed by atoms with van der Waals surface area (Å²) in [6.07, 6.45) is 15.7. The van der Waals surface area contributed by atoms with Crippen LogP contribution < -0.4 is 0 Å². The second kappa shape index (κ2) is 18.2. The number of carboxylic acid groups (broad SMARTS) is 1. The number of carboxylic acids is 1. The fraction of sp³-hybridized carbons (Fsp3) is 0.583. The number of aliphatic carboxylic acids is 1. The minimum absolute atomic E-state index is 0.0496. The Hall–Kier alpha value is -2.51. The van der Waals surface area contributed by atoms with E-state index in [-0.39, 0.29) is 36.9 Å². The van der Waals surface area contributed by atoms with Crippen LogP contribution in [-0.2, 0) is 32.0 Å². The van der Waals surface area contributed by atoms with E-state index >= 15 is 0 Å². The predicted molar refractivity (Wildman–Crippen MR) is 167 cm³/mol. The van der Waals surface area contributed by atoms with Gasteiger partial charge in [0.05, 0.1) is 18.8 Å². The van der Waals surface area contributed by atoms with Gasteiger partial charge in [0.15, 0.2) is 6.29 Å². The van der Waals surface area contributed by atoms with E-state index in [2.05, 4.69) is 78.7 Å². The molecule has 1 saturated heterocycles. The zero-order valence-corrected chi connectivity index (χ0v) is 25.4. The second-order valence-corrected chi connectivity index (χ2v) is 12.0. The normalized spacial score (nSPS) is 24.5. The van der Waals surface area contributed by atoms with E-state index < -0.39 is 5.97 Å². The number of benzene rings is 2. The molecule has 2 fully saturated rings. The molecule has 0 aromatic heterocycles. The number of nitrogens with zero attached hydrogens (tertiary/aromatic N) is 1. The third kappa shape index (κ3) is 11.0. The first-order chi connectivity index (χ1) is 20.6. The maximum Gasteiger partial charge on any atom is 0.303 e. The van der Waals surface area contributed by atoms with Gasteiger partial charge in [-0.25, -0.2) is 0 Å². The van der Waals surface area contributed by atoms with Crippen LogP contribution in [0, 0.1) is 5.92 Å². The fourth-order valence-electron chi connectivity index (χ4n) is 6.46. The minimum Gasteiger partial charge on any atom is -0.481 e. The van der Waals surface area contributed by atoms with Gasteiger partial charge >= 0.3 is 5.97 Å². The first kappa shape index (κ1) is 32.4. The summed E-state index contributed by atoms with van der Waals surface area (Å²) in [5.41, 5.74) is 2.60. The third-order valence-electron chi connectivity index (χ3n) is 8.70. The average Bonchev–Trinajstić information content (AvgIpc) is 3.35. The molecule has 4 rings (SSSR count). The van der Waals surface area contributed by atoms with Crippen molar-refractivity contribution < 1.29 is 24.1 Å². The summed E-state index contributed by atoms with van der Waals surface area (Å²) >= 11 is 0. The summed E-state index contributed by atoms with van der Waals surface area (Å²) in [4.78, 5) is 13.4. The first-order valence-corrected chi connectivity index (χ1v) is 16.1. The van der Waals surface area contributed by atoms with Gasteiger partial charge in [0.1, 0.15) is 0 Å². The van der Waals surface area contributed by atoms with Gasteiger partial charge in [-0.1, -0.05) is 79.2 Å². The van der Waals surface area contributed by atoms with Gasteiger partial charge in [-0.3, -0.25) is 4.79 Å². The summed E-state index contributed by atoms with van der Waals surface area (Å²) in [6.45, 7) is 2.39. The number of hydrogen-bond acceptors (Lipinski definition) is 5. The van der Waals surface area contributed by atoms with Crippen molar-refractivity contribution in [3.8, 4) is 0 Å². The van der Waals surface area contributed by atoms with Crippen molar-refractivity contribution in [1.29, 1.82) is 0 Å². The molecule has 2 aromatic carbocycles. The van der Waals surface area contributed by atoms with Gasteiger partial charge in [0.25, 0.3) is 0 Å². The third-order valence-corrected chi connectivity index (χ3v) is 8.70. The van der Waals surface area contributed by atoms with Crippen molar-refractivity contribution in [3.05, 3.63) is 83.9 Å². The van der Waals surface area contributed by atoms with Crippen LogP contribution in [0.1, 0.15) is 81.8 Å². The van der Waals surface area contributed by atoms with Crippen LogP contribution in [0.2, 0.25) is 0 Å². The number of likely N-dealkylation sites (N-methyl/N-ethyl adjacent to an activating group) is 1. The lowest BCUT2D eigenvalue weighted by Gasteiger charge is -2.36. The van der Waals surface area contributed by atoms with Gasteiger partial charge in [0, 0.05) is 31.4 Å². The van der Waals surface area contributed by atoms with E-state index in [0.29, 0.717) is 13.0 Å². The molecular weight excluding hydrogens is 526 g/mol. The Morgan fingerprint density at radius 2 is 1.71 bits per heavy atom. The van der Waals surface area contributed by atoms with E-state index in [0.717, 1.165) is 64.5 Å². The zero-order chi connectivity index (χ0) is 29.4. The Morgan fingerprint density at radius 3 is 2.43 bits per heavy atom. The smallest absolute Gasteiger partial charge is 0.303 e. The molecular formula is C36H51NO5. The monoisotopic (exact) mass is 577 g/mol. The van der Waals surface area contributed by atoms with E-state index in [1.807, 2.05) is 6.07 Å². The molecule has 0 amide bonds. The Kier molecular flexibility index (Phi) is 14.1. The van der Waals surface area contributed by atoms with Crippen molar-refractivity contribution in [2.24, 2.45) is 5.92 Å². The first-order valence-electron chi connectivity index (χ1n) is 16.1. The van der Waals surface area contributed by atoms with E-state index in [1.54, 1.807) is 0 Å². The number of ether oxygens (including phenoxy) is 3. The molecule has 1 aliphatic heterocycles. The van der Waals surface area contributed by atoms with Crippen LogP contribution in [0.3, 0.4) is 0 Å². The van der Waals surface area contributed by atoms with Crippen LogP contribution in [0.4, 0.5) is 0 Å². The molecule has 6 nitrogen and oxygen atoms in total. The average molecular weight is 578 g/mol. The Balaban J connectivity index is 1.41. The van der Waals surface area contributed by atoms with Gasteiger partial charge in [-0.2, -0.15) is 0 Å². The summed E-state index contributed by atoms with van der Waals surface area (Å²) in [6, 6.07) is 21.4. The van der Waals surface area contributed by atoms with Crippen LogP contribution in [0.5, 0.6) is 0 Å². The zero-order valence-electron chi connectivity index (χ0n) is 25.4. The number of allylic oxidation sites excluding steroid dienone is 2. The van der Waals surface area contributed by atoms with Gasteiger partial charge in [0.2, 0.25) is 0 Å². The van der Waals surface area contributed by atoms with Crippen LogP contribution in [-0.4, -0.2) is 60.7 Å². The maximum atomic E-state index is 10.9. The Morgan fingerprint density at radius 1 is 0.952 bits per heavy atom. The molecule has 2 aromatic rings. The molecule has 2 aliphatic rings. The Labute approximate surface area is 253 Å². The summed E-state index contributed by atoms with van der Waals surface area (Å²) in [5, 5.41) is 8.98. The number of carbonyl (C=O) groups is 1. The number of rotatable bonds is 18. The van der Waals surface area contributed by atoms with Crippen molar-refractivity contribution in [2.45, 2.75) is 108 Å². The highest BCUT2D eigenvalue weighted by atomic mass is 16.7. The molecule has 0 radical (unpaired) electrons. The molecule has 1 heterocycles. The number of hydrogen-bond donors (Lipinski definition) is 1. The summed E-state index contributed by atoms with van der Waals surface area (Å²) in [5.74, 6) is -0.448. The number of aryl methyl sites for hydroxylation is 1. The summed E-state index contributed by atoms with van der Waals surface area (Å²) < 4.78 is 19.4. The minimum atomic E-state index is -0.732. The highest BCUT2D eigenvalue weighted by molar-refractivity contribution is 5.66. The van der Waals surface area contributed by atoms with Crippen LogP contribution >= 0.6 is 0 Å². The van der Waals surface area contributed by atoms with Crippen molar-refractivity contribution in [2.75, 3.05) is 20.2 Å². The van der Waals surface area contributed by atoms with Gasteiger partial charge in [-0.15, -0.1) is 0 Å². The Bertz CT molecular complexity index is 1040. The standard InChI is InChI=1S/C36H51NO5/c1-37(25-15-6-11-19-29-17-7-4-8-18-29)36-31(22-12-2-3-13-23-34(38)39)32(41-28-30-20-9-5-10-21-30)27-33(36)42-35-24-14-16-26-40-35/h2,4-5,7-10,12,17-18,20-21,31-33,35-36H,3,6,11,13-16,19,22-28H2,1H3,(H,38,39)/t31-,32-,33+,35?,36+/m1/s1. The molecule has 1 aliphatic carbocycles. The SMILES string of the molecule is CN(CCCCCc1ccccc1)[C@H]1[C@H](CC=CCCCC(=O)O)[C@H](OCc2ccccc2)C[C@@H]1OC1CCCCO1. The van der Waals surface area contributed by atoms with E-state index in [4.69, 9.17) is 19.3 Å². The van der Waals surface area contributed by atoms with Crippen molar-refractivity contribution in [3.63, 3.8) is 0 Å². The molecule has 5 atom stereocenters. The molecule has 230 valence electrons. The summed E-state index contributed by atoms with van der Waals surface area (Å²) in [7, 11) is 2.25. The largest absolute Gasteiger partial charge is 0.481 e. The fourth-order valence-corrected chi connectivity index (χ4v) is 6.46. The lowest BCUT2D eigenvalue weighted by Crippen LogP contribution is -2.46. The second-order valence-electron chi connectivity index (χ2n) is 12.0. The lowest BCUT2D eigenvalue weighted by atomic mass is 9.94. The molecule has 1 saturated carbocycles. The van der Waals surface area contributed by atoms with E-state index in [9.17, 15) is 4.79 Å². The molecule has 1 N–H and O–H groups in total. The van der Waals surface area contributed by atoms with Crippen molar-refractivity contribution in [1.82, 2.24) is 4.90 Å². The lowest BCUT2D eigenvalue weighted by molar-refractivity contribution is -0.197.